The Kier molecular flexibility index (Phi) is 7.18. The average Bonchev–Trinajstić information content (AvgIpc) is 3.19. The molecule has 0 spiro atoms. The molecule has 0 bridgehead atoms. The number of carbonyl (C=O) groups excluding carboxylic acids is 2. The number of anilines is 1. The fourth-order valence-corrected chi connectivity index (χ4v) is 4.13. The number of alkyl halides is 3. The van der Waals surface area contributed by atoms with Crippen LogP contribution in [0.4, 0.5) is 18.9 Å². The second-order valence-corrected chi connectivity index (χ2v) is 8.31. The number of halogens is 3. The lowest BCUT2D eigenvalue weighted by molar-refractivity contribution is -0.137. The third-order valence-electron chi connectivity index (χ3n) is 5.94. The molecule has 4 rings (SSSR count). The number of aromatic amines is 1. The van der Waals surface area contributed by atoms with Crippen molar-refractivity contribution in [2.24, 2.45) is 4.99 Å². The molecule has 2 amide bonds. The molecule has 12 heteroatoms. The van der Waals surface area contributed by atoms with Crippen LogP contribution in [0.15, 0.2) is 41.4 Å². The van der Waals surface area contributed by atoms with Crippen molar-refractivity contribution in [3.63, 3.8) is 0 Å². The molecule has 1 atom stereocenters. The number of ether oxygens (including phenoxy) is 2. The number of aliphatic hydroxyl groups is 1. The molecule has 1 fully saturated rings. The smallest absolute Gasteiger partial charge is 0.416 e. The molecular formula is C24H25F3N4O5. The summed E-state index contributed by atoms with van der Waals surface area (Å²) < 4.78 is 51.8. The topological polar surface area (TPSA) is 109 Å². The quantitative estimate of drug-likeness (QED) is 0.534. The molecule has 1 aromatic heterocycles. The second-order valence-electron chi connectivity index (χ2n) is 8.31. The maximum Gasteiger partial charge on any atom is 0.416 e. The number of benzene rings is 2. The van der Waals surface area contributed by atoms with Crippen LogP contribution in [-0.4, -0.2) is 59.9 Å². The van der Waals surface area contributed by atoms with Crippen molar-refractivity contribution >= 4 is 28.5 Å². The van der Waals surface area contributed by atoms with Gasteiger partial charge in [-0.2, -0.15) is 18.2 Å². The van der Waals surface area contributed by atoms with Crippen LogP contribution in [0, 0.1) is 0 Å². The number of carbonyl (C=O) groups is 2. The van der Waals surface area contributed by atoms with Crippen molar-refractivity contribution in [3.8, 4) is 5.75 Å². The Bertz CT molecular complexity index is 1360. The van der Waals surface area contributed by atoms with Crippen LogP contribution in [0.1, 0.15) is 35.3 Å². The average molecular weight is 506 g/mol. The summed E-state index contributed by atoms with van der Waals surface area (Å²) >= 11 is 0. The van der Waals surface area contributed by atoms with E-state index < -0.39 is 17.6 Å². The van der Waals surface area contributed by atoms with E-state index >= 15 is 0 Å². The Balaban J connectivity index is 1.87. The summed E-state index contributed by atoms with van der Waals surface area (Å²) in [6.07, 6.45) is -4.28. The zero-order valence-corrected chi connectivity index (χ0v) is 19.6. The number of methoxy groups -OCH3 is 1. The Hall–Kier alpha value is -3.64. The fourth-order valence-electron chi connectivity index (χ4n) is 4.13. The predicted octanol–water partition coefficient (Wildman–Crippen LogP) is 3.04. The highest BCUT2D eigenvalue weighted by Gasteiger charge is 2.31. The van der Waals surface area contributed by atoms with E-state index in [2.05, 4.69) is 9.98 Å². The lowest BCUT2D eigenvalue weighted by Gasteiger charge is -2.28. The van der Waals surface area contributed by atoms with Gasteiger partial charge in [-0.25, -0.2) is 0 Å². The highest BCUT2D eigenvalue weighted by molar-refractivity contribution is 5.99. The Morgan fingerprint density at radius 1 is 1.31 bits per heavy atom. The van der Waals surface area contributed by atoms with Gasteiger partial charge in [-0.15, -0.1) is 0 Å². The molecular weight excluding hydrogens is 481 g/mol. The number of nitrogens with one attached hydrogen (secondary N) is 1. The van der Waals surface area contributed by atoms with Crippen molar-refractivity contribution in [3.05, 3.63) is 53.1 Å². The van der Waals surface area contributed by atoms with Crippen molar-refractivity contribution < 1.29 is 37.3 Å². The number of fused-ring (bicyclic) bond motifs is 1. The second kappa shape index (κ2) is 10.2. The van der Waals surface area contributed by atoms with Crippen LogP contribution in [0.2, 0.25) is 0 Å². The van der Waals surface area contributed by atoms with Crippen LogP contribution in [0.5, 0.6) is 5.75 Å². The molecule has 1 aliphatic rings. The molecule has 2 aromatic carbocycles. The number of aliphatic hydroxyl groups excluding tert-OH is 1. The number of nitrogens with zero attached hydrogens (tertiary/aromatic N) is 3. The normalized spacial score (nSPS) is 16.0. The lowest BCUT2D eigenvalue weighted by Crippen LogP contribution is -2.41. The van der Waals surface area contributed by atoms with E-state index in [0.29, 0.717) is 42.0 Å². The van der Waals surface area contributed by atoms with E-state index in [9.17, 15) is 27.9 Å². The molecule has 1 aliphatic heterocycles. The summed E-state index contributed by atoms with van der Waals surface area (Å²) in [7, 11) is 1.46. The van der Waals surface area contributed by atoms with Gasteiger partial charge in [-0.1, -0.05) is 6.07 Å². The standard InChI is InChI=1S/C24H25F3N4O5/c1-14(6-8-32)31-18-12-20(35-2)19(30-7-9-36-13-21(30)33)11-17(18)28-23(31)29-22(34)15-4-3-5-16(10-15)24(25,26)27/h3-5,10-12,14,32H,6-9,13H2,1-2H3,(H,28,29,34). The first-order valence-corrected chi connectivity index (χ1v) is 11.2. The number of hydrogen-bond donors (Lipinski definition) is 2. The van der Waals surface area contributed by atoms with Gasteiger partial charge in [-0.05, 0) is 37.6 Å². The number of imidazole rings is 1. The molecule has 3 aromatic rings. The number of hydrogen-bond acceptors (Lipinski definition) is 5. The van der Waals surface area contributed by atoms with Crippen molar-refractivity contribution in [2.75, 3.05) is 38.4 Å². The van der Waals surface area contributed by atoms with Gasteiger partial charge >= 0.3 is 6.18 Å². The molecule has 192 valence electrons. The van der Waals surface area contributed by atoms with Crippen LogP contribution in [0.3, 0.4) is 0 Å². The van der Waals surface area contributed by atoms with Gasteiger partial charge in [-0.3, -0.25) is 9.59 Å². The van der Waals surface area contributed by atoms with E-state index in [4.69, 9.17) is 9.47 Å². The predicted molar refractivity (Wildman–Crippen MR) is 124 cm³/mol. The van der Waals surface area contributed by atoms with Crippen LogP contribution in [-0.2, 0) is 15.7 Å². The Labute approximate surface area is 203 Å². The van der Waals surface area contributed by atoms with Crippen molar-refractivity contribution in [1.29, 1.82) is 0 Å². The summed E-state index contributed by atoms with van der Waals surface area (Å²) in [5.74, 6) is -0.706. The fraction of sp³-hybridized carbons (Fsp3) is 0.375. The van der Waals surface area contributed by atoms with Crippen LogP contribution < -0.4 is 15.3 Å². The first-order chi connectivity index (χ1) is 17.1. The van der Waals surface area contributed by atoms with Gasteiger partial charge in [0.05, 0.1) is 36.0 Å². The number of rotatable bonds is 6. The first-order valence-electron chi connectivity index (χ1n) is 11.2. The molecule has 9 nitrogen and oxygen atoms in total. The monoisotopic (exact) mass is 506 g/mol. The number of amides is 2. The molecule has 1 unspecified atom stereocenters. The minimum absolute atomic E-state index is 0.0640. The third-order valence-corrected chi connectivity index (χ3v) is 5.94. The van der Waals surface area contributed by atoms with E-state index in [1.165, 1.54) is 18.1 Å². The van der Waals surface area contributed by atoms with Gasteiger partial charge in [0.25, 0.3) is 11.8 Å². The lowest BCUT2D eigenvalue weighted by atomic mass is 10.1. The van der Waals surface area contributed by atoms with E-state index in [1.807, 2.05) is 6.92 Å². The minimum Gasteiger partial charge on any atom is -0.494 e. The van der Waals surface area contributed by atoms with Crippen molar-refractivity contribution in [1.82, 2.24) is 9.55 Å². The van der Waals surface area contributed by atoms with E-state index in [0.717, 1.165) is 18.2 Å². The maximum atomic E-state index is 13.1. The summed E-state index contributed by atoms with van der Waals surface area (Å²) in [4.78, 5) is 34.0. The van der Waals surface area contributed by atoms with Crippen LogP contribution in [0.25, 0.3) is 11.0 Å². The van der Waals surface area contributed by atoms with Gasteiger partial charge < -0.3 is 29.0 Å². The molecule has 2 N–H and O–H groups in total. The zero-order valence-electron chi connectivity index (χ0n) is 19.6. The molecule has 0 saturated carbocycles. The molecule has 0 aliphatic carbocycles. The summed E-state index contributed by atoms with van der Waals surface area (Å²) in [6, 6.07) is 7.08. The third kappa shape index (κ3) is 5.00. The molecule has 1 saturated heterocycles. The van der Waals surface area contributed by atoms with Gasteiger partial charge in [0.2, 0.25) is 5.62 Å². The summed E-state index contributed by atoms with van der Waals surface area (Å²) in [5, 5.41) is 9.50. The van der Waals surface area contributed by atoms with Crippen LogP contribution >= 0.6 is 0 Å². The first kappa shape index (κ1) is 25.5. The molecule has 2 heterocycles. The Morgan fingerprint density at radius 3 is 2.75 bits per heavy atom. The number of aromatic nitrogens is 2. The number of H-pyrrole nitrogens is 1. The SMILES string of the molecule is COc1cc2c(cc1N1CCOCC1=O)[nH]c(=NC(=O)c1cccc(C(F)(F)F)c1)n2C(C)CCO. The largest absolute Gasteiger partial charge is 0.494 e. The number of morpholine rings is 1. The zero-order chi connectivity index (χ0) is 26.0. The van der Waals surface area contributed by atoms with Gasteiger partial charge in [0, 0.05) is 30.8 Å². The highest BCUT2D eigenvalue weighted by atomic mass is 19.4. The van der Waals surface area contributed by atoms with Crippen molar-refractivity contribution in [2.45, 2.75) is 25.6 Å². The van der Waals surface area contributed by atoms with Gasteiger partial charge in [0.15, 0.2) is 0 Å². The Morgan fingerprint density at radius 2 is 2.08 bits per heavy atom. The maximum absolute atomic E-state index is 13.1. The van der Waals surface area contributed by atoms with Gasteiger partial charge in [0.1, 0.15) is 12.4 Å². The van der Waals surface area contributed by atoms with E-state index in [1.54, 1.807) is 16.7 Å². The summed E-state index contributed by atoms with van der Waals surface area (Å²) in [5.41, 5.74) is 0.504. The molecule has 36 heavy (non-hydrogen) atoms. The molecule has 0 radical (unpaired) electrons. The highest BCUT2D eigenvalue weighted by Crippen LogP contribution is 2.34. The minimum atomic E-state index is -4.60. The summed E-state index contributed by atoms with van der Waals surface area (Å²) in [6.45, 7) is 2.29. The van der Waals surface area contributed by atoms with E-state index in [-0.39, 0.29) is 36.3 Å².